The number of carbonyl (C=O) groups excluding carboxylic acids is 1. The molecule has 2 heterocycles. The summed E-state index contributed by atoms with van der Waals surface area (Å²) >= 11 is 1.76. The number of rotatable bonds is 7. The number of hydrogen-bond acceptors (Lipinski definition) is 5. The molecule has 1 aromatic heterocycles. The van der Waals surface area contributed by atoms with Crippen LogP contribution in [0.5, 0.6) is 0 Å². The van der Waals surface area contributed by atoms with E-state index in [4.69, 9.17) is 9.72 Å². The van der Waals surface area contributed by atoms with Gasteiger partial charge in [-0.2, -0.15) is 0 Å². The number of likely N-dealkylation sites (tertiary alicyclic amines) is 1. The molecule has 1 N–H and O–H groups in total. The monoisotopic (exact) mass is 485 g/mol. The fourth-order valence-electron chi connectivity index (χ4n) is 4.77. The second kappa shape index (κ2) is 11.2. The molecule has 0 radical (unpaired) electrons. The number of ether oxygens (including phenoxy) is 1. The summed E-state index contributed by atoms with van der Waals surface area (Å²) in [6.45, 7) is 18.8. The molecule has 0 saturated carbocycles. The van der Waals surface area contributed by atoms with E-state index in [1.807, 2.05) is 45.2 Å². The Morgan fingerprint density at radius 1 is 1.18 bits per heavy atom. The van der Waals surface area contributed by atoms with Crippen molar-refractivity contribution in [3.63, 3.8) is 0 Å². The number of nitrogens with one attached hydrogen (secondary N) is 1. The van der Waals surface area contributed by atoms with E-state index in [0.717, 1.165) is 41.1 Å². The molecule has 1 saturated heterocycles. The molecule has 1 aliphatic rings. The van der Waals surface area contributed by atoms with E-state index in [2.05, 4.69) is 44.0 Å². The van der Waals surface area contributed by atoms with Crippen LogP contribution in [0.4, 0.5) is 4.79 Å². The third-order valence-electron chi connectivity index (χ3n) is 6.54. The van der Waals surface area contributed by atoms with Gasteiger partial charge in [0.25, 0.3) is 0 Å². The van der Waals surface area contributed by atoms with E-state index in [-0.39, 0.29) is 0 Å². The smallest absolute Gasteiger partial charge is 0.407 e. The van der Waals surface area contributed by atoms with Crippen LogP contribution >= 0.6 is 11.3 Å². The van der Waals surface area contributed by atoms with Crippen molar-refractivity contribution in [2.75, 3.05) is 13.1 Å². The molecule has 1 amide bonds. The van der Waals surface area contributed by atoms with Gasteiger partial charge in [-0.3, -0.25) is 4.90 Å². The Balaban J connectivity index is 1.69. The van der Waals surface area contributed by atoms with Crippen molar-refractivity contribution < 1.29 is 9.53 Å². The summed E-state index contributed by atoms with van der Waals surface area (Å²) in [5, 5.41) is 3.89. The van der Waals surface area contributed by atoms with Crippen LogP contribution in [0.25, 0.3) is 10.6 Å². The minimum Gasteiger partial charge on any atom is -0.444 e. The zero-order valence-corrected chi connectivity index (χ0v) is 22.9. The number of piperidine rings is 1. The van der Waals surface area contributed by atoms with Crippen LogP contribution in [0.3, 0.4) is 0 Å². The van der Waals surface area contributed by atoms with Crippen molar-refractivity contribution in [1.82, 2.24) is 15.2 Å². The average molecular weight is 486 g/mol. The number of aromatic nitrogens is 1. The molecule has 1 aromatic carbocycles. The van der Waals surface area contributed by atoms with Crippen LogP contribution < -0.4 is 5.32 Å². The van der Waals surface area contributed by atoms with E-state index < -0.39 is 11.7 Å². The van der Waals surface area contributed by atoms with Crippen molar-refractivity contribution in [2.45, 2.75) is 86.4 Å². The van der Waals surface area contributed by atoms with E-state index in [9.17, 15) is 4.79 Å². The Morgan fingerprint density at radius 2 is 1.91 bits per heavy atom. The molecular weight excluding hydrogens is 442 g/mol. The molecule has 2 unspecified atom stereocenters. The quantitative estimate of drug-likeness (QED) is 0.454. The Kier molecular flexibility index (Phi) is 8.80. The van der Waals surface area contributed by atoms with Crippen molar-refractivity contribution in [2.24, 2.45) is 17.3 Å². The molecule has 34 heavy (non-hydrogen) atoms. The molecule has 0 bridgehead atoms. The zero-order valence-electron chi connectivity index (χ0n) is 22.1. The van der Waals surface area contributed by atoms with Gasteiger partial charge in [0.1, 0.15) is 10.6 Å². The summed E-state index contributed by atoms with van der Waals surface area (Å²) in [5.74, 6) is 1.51. The molecule has 2 aromatic rings. The zero-order chi connectivity index (χ0) is 24.9. The van der Waals surface area contributed by atoms with E-state index in [1.165, 1.54) is 30.7 Å². The fraction of sp³-hybridized carbons (Fsp3) is 0.643. The number of carbonyl (C=O) groups is 1. The molecule has 1 fully saturated rings. The number of benzene rings is 1. The van der Waals surface area contributed by atoms with Crippen molar-refractivity contribution >= 4 is 17.4 Å². The van der Waals surface area contributed by atoms with Gasteiger partial charge in [0.2, 0.25) is 0 Å². The summed E-state index contributed by atoms with van der Waals surface area (Å²) in [5.41, 5.74) is 1.95. The minimum absolute atomic E-state index is 0.337. The maximum atomic E-state index is 12.1. The first-order chi connectivity index (χ1) is 15.9. The SMILES string of the molecule is CCCC1CC(C(C)(C)C)CN(Cc2cnc(-c3ccccc3CNC(=O)OC(C)(C)C)s2)C1. The maximum absolute atomic E-state index is 12.1. The summed E-state index contributed by atoms with van der Waals surface area (Å²) < 4.78 is 5.38. The number of alkyl carbamates (subject to hydrolysis) is 1. The number of hydrogen-bond donors (Lipinski definition) is 1. The highest BCUT2D eigenvalue weighted by Crippen LogP contribution is 2.38. The predicted octanol–water partition coefficient (Wildman–Crippen LogP) is 7.12. The van der Waals surface area contributed by atoms with E-state index >= 15 is 0 Å². The van der Waals surface area contributed by atoms with Crippen molar-refractivity contribution in [1.29, 1.82) is 0 Å². The van der Waals surface area contributed by atoms with Gasteiger partial charge < -0.3 is 10.1 Å². The first-order valence-electron chi connectivity index (χ1n) is 12.7. The first-order valence-corrected chi connectivity index (χ1v) is 13.5. The highest BCUT2D eigenvalue weighted by atomic mass is 32.1. The third-order valence-corrected chi connectivity index (χ3v) is 7.55. The maximum Gasteiger partial charge on any atom is 0.407 e. The van der Waals surface area contributed by atoms with Crippen LogP contribution in [-0.2, 0) is 17.8 Å². The lowest BCUT2D eigenvalue weighted by Crippen LogP contribution is -2.44. The fourth-order valence-corrected chi connectivity index (χ4v) is 5.78. The van der Waals surface area contributed by atoms with Crippen LogP contribution in [0.1, 0.15) is 78.2 Å². The van der Waals surface area contributed by atoms with Gasteiger partial charge in [-0.25, -0.2) is 9.78 Å². The van der Waals surface area contributed by atoms with Gasteiger partial charge in [0, 0.05) is 42.8 Å². The molecule has 0 spiro atoms. The Morgan fingerprint density at radius 3 is 2.59 bits per heavy atom. The van der Waals surface area contributed by atoms with Gasteiger partial charge in [-0.1, -0.05) is 58.4 Å². The molecule has 1 aliphatic heterocycles. The van der Waals surface area contributed by atoms with Crippen LogP contribution in [-0.4, -0.2) is 34.7 Å². The molecule has 188 valence electrons. The van der Waals surface area contributed by atoms with Crippen molar-refractivity contribution in [3.05, 3.63) is 40.9 Å². The Hall–Kier alpha value is -1.92. The topological polar surface area (TPSA) is 54.5 Å². The minimum atomic E-state index is -0.510. The second-order valence-corrected chi connectivity index (χ2v) is 12.9. The lowest BCUT2D eigenvalue weighted by atomic mass is 9.72. The van der Waals surface area contributed by atoms with Gasteiger partial charge in [0.15, 0.2) is 0 Å². The summed E-state index contributed by atoms with van der Waals surface area (Å²) in [6.07, 6.45) is 5.55. The molecule has 0 aliphatic carbocycles. The van der Waals surface area contributed by atoms with Gasteiger partial charge >= 0.3 is 6.09 Å². The summed E-state index contributed by atoms with van der Waals surface area (Å²) in [6, 6.07) is 8.16. The van der Waals surface area contributed by atoms with E-state index in [0.29, 0.717) is 12.0 Å². The Bertz CT molecular complexity index is 942. The molecule has 2 atom stereocenters. The largest absolute Gasteiger partial charge is 0.444 e. The lowest BCUT2D eigenvalue weighted by Gasteiger charge is -2.43. The molecule has 3 rings (SSSR count). The normalized spacial score (nSPS) is 19.7. The second-order valence-electron chi connectivity index (χ2n) is 11.8. The van der Waals surface area contributed by atoms with Crippen molar-refractivity contribution in [3.8, 4) is 10.6 Å². The Labute approximate surface area is 210 Å². The summed E-state index contributed by atoms with van der Waals surface area (Å²) in [7, 11) is 0. The molecule has 6 heteroatoms. The lowest BCUT2D eigenvalue weighted by molar-refractivity contribution is 0.0523. The summed E-state index contributed by atoms with van der Waals surface area (Å²) in [4.78, 5) is 20.8. The van der Waals surface area contributed by atoms with Crippen LogP contribution in [0.2, 0.25) is 0 Å². The average Bonchev–Trinajstić information content (AvgIpc) is 3.19. The van der Waals surface area contributed by atoms with E-state index in [1.54, 1.807) is 11.3 Å². The van der Waals surface area contributed by atoms with Crippen LogP contribution in [0.15, 0.2) is 30.5 Å². The third kappa shape index (κ3) is 7.81. The highest BCUT2D eigenvalue weighted by Gasteiger charge is 2.34. The predicted molar refractivity (Wildman–Crippen MR) is 142 cm³/mol. The molecule has 5 nitrogen and oxygen atoms in total. The standard InChI is InChI=1S/C28H43N3O2S/c1-8-11-20-14-22(27(2,3)4)18-31(17-20)19-23-16-29-25(34-23)24-13-10-9-12-21(24)15-30-26(32)33-28(5,6)7/h9-10,12-13,16,20,22H,8,11,14-15,17-19H2,1-7H3,(H,30,32). The van der Waals surface area contributed by atoms with Gasteiger partial charge in [-0.05, 0) is 56.4 Å². The van der Waals surface area contributed by atoms with Crippen LogP contribution in [0, 0.1) is 17.3 Å². The number of thiazole rings is 1. The number of nitrogens with zero attached hydrogens (tertiary/aromatic N) is 2. The van der Waals surface area contributed by atoms with Gasteiger partial charge in [0.05, 0.1) is 0 Å². The first kappa shape index (κ1) is 26.7. The number of amides is 1. The highest BCUT2D eigenvalue weighted by molar-refractivity contribution is 7.15. The molecular formula is C28H43N3O2S. The van der Waals surface area contributed by atoms with Gasteiger partial charge in [-0.15, -0.1) is 11.3 Å².